The van der Waals surface area contributed by atoms with Crippen LogP contribution in [0, 0.1) is 0 Å². The summed E-state index contributed by atoms with van der Waals surface area (Å²) in [6.45, 7) is 1.88. The Morgan fingerprint density at radius 2 is 2.31 bits per heavy atom. The molecule has 1 heterocycles. The van der Waals surface area contributed by atoms with Gasteiger partial charge in [-0.15, -0.1) is 0 Å². The lowest BCUT2D eigenvalue weighted by molar-refractivity contribution is -0.138. The second kappa shape index (κ2) is 3.96. The van der Waals surface area contributed by atoms with Crippen molar-refractivity contribution in [2.24, 2.45) is 7.05 Å². The smallest absolute Gasteiger partial charge is 0.310 e. The van der Waals surface area contributed by atoms with Gasteiger partial charge in [-0.05, 0) is 24.1 Å². The highest BCUT2D eigenvalue weighted by Crippen LogP contribution is 2.23. The molecular formula is C12H14N2O2. The van der Waals surface area contributed by atoms with Crippen molar-refractivity contribution in [3.05, 3.63) is 30.1 Å². The molecule has 0 saturated carbocycles. The highest BCUT2D eigenvalue weighted by atomic mass is 16.4. The van der Waals surface area contributed by atoms with Crippen LogP contribution in [0.25, 0.3) is 11.0 Å². The summed E-state index contributed by atoms with van der Waals surface area (Å²) in [6.07, 6.45) is 2.33. The summed E-state index contributed by atoms with van der Waals surface area (Å²) in [6, 6.07) is 5.62. The summed E-state index contributed by atoms with van der Waals surface area (Å²) in [5.41, 5.74) is 2.70. The number of nitrogens with zero attached hydrogens (tertiary/aromatic N) is 2. The number of aliphatic carboxylic acids is 1. The minimum atomic E-state index is -0.774. The standard InChI is InChI=1S/C12H14N2O2/c1-3-9(12(15)16)8-4-5-10-11(6-8)14(2)7-13-10/h4-7,9H,3H2,1-2H3,(H,15,16). The monoisotopic (exact) mass is 218 g/mol. The lowest BCUT2D eigenvalue weighted by atomic mass is 9.96. The van der Waals surface area contributed by atoms with Crippen LogP contribution in [0.1, 0.15) is 24.8 Å². The van der Waals surface area contributed by atoms with E-state index < -0.39 is 11.9 Å². The van der Waals surface area contributed by atoms with Crippen LogP contribution in [-0.4, -0.2) is 20.6 Å². The van der Waals surface area contributed by atoms with E-state index in [1.165, 1.54) is 0 Å². The van der Waals surface area contributed by atoms with Crippen LogP contribution in [-0.2, 0) is 11.8 Å². The van der Waals surface area contributed by atoms with Crippen molar-refractivity contribution in [3.63, 3.8) is 0 Å². The van der Waals surface area contributed by atoms with Gasteiger partial charge in [0.15, 0.2) is 0 Å². The molecule has 4 nitrogen and oxygen atoms in total. The van der Waals surface area contributed by atoms with Gasteiger partial charge in [0, 0.05) is 7.05 Å². The second-order valence-corrected chi connectivity index (χ2v) is 3.90. The molecule has 0 aliphatic heterocycles. The van der Waals surface area contributed by atoms with Crippen LogP contribution < -0.4 is 0 Å². The molecule has 0 bridgehead atoms. The molecule has 1 unspecified atom stereocenters. The number of carbonyl (C=O) groups is 1. The predicted molar refractivity (Wildman–Crippen MR) is 61.4 cm³/mol. The molecule has 1 aromatic carbocycles. The number of carboxylic acid groups (broad SMARTS) is 1. The summed E-state index contributed by atoms with van der Waals surface area (Å²) in [5, 5.41) is 9.10. The molecule has 4 heteroatoms. The van der Waals surface area contributed by atoms with E-state index in [0.29, 0.717) is 6.42 Å². The molecule has 16 heavy (non-hydrogen) atoms. The number of benzene rings is 1. The van der Waals surface area contributed by atoms with E-state index in [0.717, 1.165) is 16.6 Å². The van der Waals surface area contributed by atoms with Crippen molar-refractivity contribution in [3.8, 4) is 0 Å². The zero-order chi connectivity index (χ0) is 11.7. The Labute approximate surface area is 93.5 Å². The number of carboxylic acids is 1. The number of imidazole rings is 1. The van der Waals surface area contributed by atoms with Gasteiger partial charge in [-0.2, -0.15) is 0 Å². The summed E-state index contributed by atoms with van der Waals surface area (Å²) in [7, 11) is 1.90. The Kier molecular flexibility index (Phi) is 2.64. The van der Waals surface area contributed by atoms with Crippen LogP contribution in [0.4, 0.5) is 0 Å². The zero-order valence-corrected chi connectivity index (χ0v) is 9.34. The maximum absolute atomic E-state index is 11.1. The Bertz CT molecular complexity index is 531. The van der Waals surface area contributed by atoms with Crippen LogP contribution in [0.3, 0.4) is 0 Å². The summed E-state index contributed by atoms with van der Waals surface area (Å²) < 4.78 is 1.90. The van der Waals surface area contributed by atoms with Crippen LogP contribution in [0.15, 0.2) is 24.5 Å². The highest BCUT2D eigenvalue weighted by molar-refractivity contribution is 5.81. The fourth-order valence-electron chi connectivity index (χ4n) is 1.91. The van der Waals surface area contributed by atoms with Gasteiger partial charge in [-0.25, -0.2) is 4.98 Å². The third kappa shape index (κ3) is 1.66. The molecule has 0 saturated heterocycles. The van der Waals surface area contributed by atoms with Gasteiger partial charge < -0.3 is 9.67 Å². The van der Waals surface area contributed by atoms with E-state index in [2.05, 4.69) is 4.98 Å². The van der Waals surface area contributed by atoms with Gasteiger partial charge in [0.2, 0.25) is 0 Å². The summed E-state index contributed by atoms with van der Waals surface area (Å²) >= 11 is 0. The van der Waals surface area contributed by atoms with Gasteiger partial charge in [0.1, 0.15) is 0 Å². The van der Waals surface area contributed by atoms with Crippen molar-refractivity contribution in [1.82, 2.24) is 9.55 Å². The van der Waals surface area contributed by atoms with Crippen molar-refractivity contribution >= 4 is 17.0 Å². The number of hydrogen-bond donors (Lipinski definition) is 1. The first-order valence-electron chi connectivity index (χ1n) is 5.27. The van der Waals surface area contributed by atoms with Crippen molar-refractivity contribution in [2.45, 2.75) is 19.3 Å². The van der Waals surface area contributed by atoms with Crippen LogP contribution in [0.2, 0.25) is 0 Å². The molecule has 84 valence electrons. The van der Waals surface area contributed by atoms with Gasteiger partial charge >= 0.3 is 5.97 Å². The molecule has 0 radical (unpaired) electrons. The molecule has 0 aliphatic carbocycles. The molecule has 0 aliphatic rings. The quantitative estimate of drug-likeness (QED) is 0.858. The van der Waals surface area contributed by atoms with E-state index in [9.17, 15) is 4.79 Å². The number of rotatable bonds is 3. The van der Waals surface area contributed by atoms with Crippen LogP contribution in [0.5, 0.6) is 0 Å². The highest BCUT2D eigenvalue weighted by Gasteiger charge is 2.18. The first-order valence-corrected chi connectivity index (χ1v) is 5.27. The third-order valence-electron chi connectivity index (χ3n) is 2.86. The number of fused-ring (bicyclic) bond motifs is 1. The zero-order valence-electron chi connectivity index (χ0n) is 9.34. The Hall–Kier alpha value is -1.84. The van der Waals surface area contributed by atoms with Crippen LogP contribution >= 0.6 is 0 Å². The number of aryl methyl sites for hydroxylation is 1. The average molecular weight is 218 g/mol. The van der Waals surface area contributed by atoms with Gasteiger partial charge in [-0.1, -0.05) is 13.0 Å². The van der Waals surface area contributed by atoms with E-state index in [4.69, 9.17) is 5.11 Å². The Balaban J connectivity index is 2.52. The number of aromatic nitrogens is 2. The molecule has 1 aromatic heterocycles. The topological polar surface area (TPSA) is 55.1 Å². The fraction of sp³-hybridized carbons (Fsp3) is 0.333. The minimum absolute atomic E-state index is 0.431. The van der Waals surface area contributed by atoms with E-state index >= 15 is 0 Å². The fourth-order valence-corrected chi connectivity index (χ4v) is 1.91. The molecule has 2 rings (SSSR count). The lowest BCUT2D eigenvalue weighted by Crippen LogP contribution is -2.10. The first-order chi connectivity index (χ1) is 7.63. The summed E-state index contributed by atoms with van der Waals surface area (Å²) in [4.78, 5) is 15.3. The number of hydrogen-bond acceptors (Lipinski definition) is 2. The van der Waals surface area contributed by atoms with Gasteiger partial charge in [0.05, 0.1) is 23.3 Å². The maximum atomic E-state index is 11.1. The SMILES string of the molecule is CCC(C(=O)O)c1ccc2ncn(C)c2c1. The normalized spacial score (nSPS) is 12.9. The molecule has 0 spiro atoms. The van der Waals surface area contributed by atoms with E-state index in [1.54, 1.807) is 6.33 Å². The Morgan fingerprint density at radius 1 is 1.56 bits per heavy atom. The predicted octanol–water partition coefficient (Wildman–Crippen LogP) is 2.15. The second-order valence-electron chi connectivity index (χ2n) is 3.90. The first kappa shape index (κ1) is 10.7. The maximum Gasteiger partial charge on any atom is 0.310 e. The van der Waals surface area contributed by atoms with Crippen molar-refractivity contribution in [2.75, 3.05) is 0 Å². The molecule has 1 atom stereocenters. The van der Waals surface area contributed by atoms with Crippen molar-refractivity contribution in [1.29, 1.82) is 0 Å². The molecule has 2 aromatic rings. The molecule has 1 N–H and O–H groups in total. The molecule has 0 fully saturated rings. The van der Waals surface area contributed by atoms with E-state index in [-0.39, 0.29) is 0 Å². The average Bonchev–Trinajstić information content (AvgIpc) is 2.61. The minimum Gasteiger partial charge on any atom is -0.481 e. The summed E-state index contributed by atoms with van der Waals surface area (Å²) in [5.74, 6) is -1.21. The van der Waals surface area contributed by atoms with E-state index in [1.807, 2.05) is 36.7 Å². The third-order valence-corrected chi connectivity index (χ3v) is 2.86. The molecule has 0 amide bonds. The molecular weight excluding hydrogens is 204 g/mol. The largest absolute Gasteiger partial charge is 0.481 e. The van der Waals surface area contributed by atoms with Crippen molar-refractivity contribution < 1.29 is 9.90 Å². The lowest BCUT2D eigenvalue weighted by Gasteiger charge is -2.10. The van der Waals surface area contributed by atoms with Gasteiger partial charge in [0.25, 0.3) is 0 Å². The van der Waals surface area contributed by atoms with Gasteiger partial charge in [-0.3, -0.25) is 4.79 Å². The Morgan fingerprint density at radius 3 is 2.94 bits per heavy atom.